The second-order valence-electron chi connectivity index (χ2n) is 8.40. The highest BCUT2D eigenvalue weighted by Gasteiger charge is 2.28. The van der Waals surface area contributed by atoms with E-state index in [1.165, 1.54) is 5.56 Å². The topological polar surface area (TPSA) is 65.2 Å². The van der Waals surface area contributed by atoms with Crippen LogP contribution in [0.1, 0.15) is 44.2 Å². The van der Waals surface area contributed by atoms with Crippen LogP contribution in [0.25, 0.3) is 11.5 Å². The predicted molar refractivity (Wildman–Crippen MR) is 112 cm³/mol. The maximum Gasteiger partial charge on any atom is 0.306 e. The molecule has 0 bridgehead atoms. The lowest BCUT2D eigenvalue weighted by Crippen LogP contribution is -2.33. The molecule has 0 saturated heterocycles. The molecule has 29 heavy (non-hydrogen) atoms. The second-order valence-corrected chi connectivity index (χ2v) is 8.40. The van der Waals surface area contributed by atoms with Crippen molar-refractivity contribution < 1.29 is 13.9 Å². The van der Waals surface area contributed by atoms with Crippen LogP contribution < -0.4 is 0 Å². The van der Waals surface area contributed by atoms with E-state index >= 15 is 0 Å². The summed E-state index contributed by atoms with van der Waals surface area (Å²) in [4.78, 5) is 12.5. The minimum absolute atomic E-state index is 0.158. The fourth-order valence-electron chi connectivity index (χ4n) is 2.95. The molecule has 5 nitrogen and oxygen atoms in total. The fourth-order valence-corrected chi connectivity index (χ4v) is 2.95. The molecule has 0 N–H and O–H groups in total. The summed E-state index contributed by atoms with van der Waals surface area (Å²) in [6.07, 6.45) is 1.05. The summed E-state index contributed by atoms with van der Waals surface area (Å²) in [6, 6.07) is 18.0. The minimum atomic E-state index is -0.254. The van der Waals surface area contributed by atoms with Crippen LogP contribution in [0.15, 0.2) is 59.0 Å². The van der Waals surface area contributed by atoms with Gasteiger partial charge in [0.2, 0.25) is 11.8 Å². The Hall–Kier alpha value is -2.95. The van der Waals surface area contributed by atoms with Gasteiger partial charge in [-0.1, -0.05) is 68.8 Å². The van der Waals surface area contributed by atoms with Crippen LogP contribution in [-0.4, -0.2) is 22.3 Å². The number of aryl methyl sites for hydroxylation is 2. The maximum absolute atomic E-state index is 12.5. The zero-order chi connectivity index (χ0) is 20.9. The third-order valence-electron chi connectivity index (χ3n) is 4.81. The van der Waals surface area contributed by atoms with Gasteiger partial charge in [0.1, 0.15) is 6.10 Å². The third-order valence-corrected chi connectivity index (χ3v) is 4.81. The molecule has 2 aromatic carbocycles. The van der Waals surface area contributed by atoms with Crippen molar-refractivity contribution >= 4 is 5.97 Å². The summed E-state index contributed by atoms with van der Waals surface area (Å²) in [5.41, 5.74) is 3.03. The first-order valence-corrected chi connectivity index (χ1v) is 9.94. The molecule has 0 unspecified atom stereocenters. The Morgan fingerprint density at radius 1 is 1.03 bits per heavy atom. The molecule has 0 aliphatic heterocycles. The van der Waals surface area contributed by atoms with Crippen LogP contribution in [-0.2, 0) is 22.4 Å². The Morgan fingerprint density at radius 3 is 2.38 bits per heavy atom. The molecule has 0 aliphatic carbocycles. The molecule has 3 aromatic rings. The lowest BCUT2D eigenvalue weighted by atomic mass is 9.85. The standard InChI is InChI=1S/C24H28N2O3/c1-17-10-12-19(13-11-17)23-26-25-21(29-23)14-15-22(27)28-20(24(2,3)4)16-18-8-6-5-7-9-18/h5-13,20H,14-16H2,1-4H3/t20-/m0/s1. The van der Waals surface area contributed by atoms with Gasteiger partial charge in [-0.3, -0.25) is 4.79 Å². The molecule has 3 rings (SSSR count). The molecule has 1 aromatic heterocycles. The number of esters is 1. The van der Waals surface area contributed by atoms with E-state index in [1.54, 1.807) is 0 Å². The molecule has 0 fully saturated rings. The zero-order valence-electron chi connectivity index (χ0n) is 17.5. The molecule has 152 valence electrons. The van der Waals surface area contributed by atoms with Gasteiger partial charge in [0.15, 0.2) is 0 Å². The van der Waals surface area contributed by atoms with Crippen LogP contribution in [0, 0.1) is 12.3 Å². The van der Waals surface area contributed by atoms with Gasteiger partial charge in [0.25, 0.3) is 0 Å². The van der Waals surface area contributed by atoms with Crippen LogP contribution in [0.3, 0.4) is 0 Å². The number of aromatic nitrogens is 2. The number of hydrogen-bond acceptors (Lipinski definition) is 5. The van der Waals surface area contributed by atoms with Gasteiger partial charge in [-0.2, -0.15) is 0 Å². The van der Waals surface area contributed by atoms with E-state index in [0.29, 0.717) is 24.6 Å². The van der Waals surface area contributed by atoms with Crippen LogP contribution in [0.5, 0.6) is 0 Å². The lowest BCUT2D eigenvalue weighted by molar-refractivity contribution is -0.154. The molecule has 0 amide bonds. The number of rotatable bonds is 7. The molecule has 1 heterocycles. The number of carbonyl (C=O) groups excluding carboxylic acids is 1. The van der Waals surface area contributed by atoms with Crippen LogP contribution in [0.4, 0.5) is 0 Å². The van der Waals surface area contributed by atoms with Crippen molar-refractivity contribution in [3.8, 4) is 11.5 Å². The Kier molecular flexibility index (Phi) is 6.47. The molecule has 0 radical (unpaired) electrons. The summed E-state index contributed by atoms with van der Waals surface area (Å²) in [7, 11) is 0. The number of ether oxygens (including phenoxy) is 1. The molecular formula is C24H28N2O3. The normalized spacial score (nSPS) is 12.6. The number of hydrogen-bond donors (Lipinski definition) is 0. The summed E-state index contributed by atoms with van der Waals surface area (Å²) >= 11 is 0. The fraction of sp³-hybridized carbons (Fsp3) is 0.375. The van der Waals surface area contributed by atoms with Gasteiger partial charge in [-0.15, -0.1) is 10.2 Å². The van der Waals surface area contributed by atoms with E-state index in [-0.39, 0.29) is 23.9 Å². The van der Waals surface area contributed by atoms with E-state index in [1.807, 2.05) is 49.4 Å². The van der Waals surface area contributed by atoms with Gasteiger partial charge in [-0.05, 0) is 30.0 Å². The summed E-state index contributed by atoms with van der Waals surface area (Å²) < 4.78 is 11.5. The Bertz CT molecular complexity index is 925. The van der Waals surface area contributed by atoms with Crippen molar-refractivity contribution in [3.63, 3.8) is 0 Å². The Balaban J connectivity index is 1.57. The van der Waals surface area contributed by atoms with Crippen molar-refractivity contribution in [1.29, 1.82) is 0 Å². The highest BCUT2D eigenvalue weighted by Crippen LogP contribution is 2.26. The van der Waals surface area contributed by atoms with Crippen LogP contribution in [0.2, 0.25) is 0 Å². The summed E-state index contributed by atoms with van der Waals surface area (Å²) in [5, 5.41) is 8.14. The smallest absolute Gasteiger partial charge is 0.306 e. The lowest BCUT2D eigenvalue weighted by Gasteiger charge is -2.30. The largest absolute Gasteiger partial charge is 0.461 e. The van der Waals surface area contributed by atoms with Crippen molar-refractivity contribution in [2.24, 2.45) is 5.41 Å². The van der Waals surface area contributed by atoms with Gasteiger partial charge >= 0.3 is 5.97 Å². The first kappa shape index (κ1) is 20.8. The van der Waals surface area contributed by atoms with Gasteiger partial charge in [-0.25, -0.2) is 0 Å². The first-order valence-electron chi connectivity index (χ1n) is 9.94. The molecule has 1 atom stereocenters. The number of nitrogens with zero attached hydrogens (tertiary/aromatic N) is 2. The number of carbonyl (C=O) groups is 1. The molecule has 0 spiro atoms. The van der Waals surface area contributed by atoms with Crippen LogP contribution >= 0.6 is 0 Å². The van der Waals surface area contributed by atoms with E-state index in [9.17, 15) is 4.79 Å². The third kappa shape index (κ3) is 6.01. The minimum Gasteiger partial charge on any atom is -0.461 e. The van der Waals surface area contributed by atoms with Crippen molar-refractivity contribution in [2.75, 3.05) is 0 Å². The maximum atomic E-state index is 12.5. The molecule has 0 saturated carbocycles. The zero-order valence-corrected chi connectivity index (χ0v) is 17.5. The Labute approximate surface area is 172 Å². The summed E-state index contributed by atoms with van der Waals surface area (Å²) in [5.74, 6) is 0.647. The highest BCUT2D eigenvalue weighted by molar-refractivity contribution is 5.69. The second kappa shape index (κ2) is 9.03. The van der Waals surface area contributed by atoms with Gasteiger partial charge in [0.05, 0.1) is 6.42 Å². The van der Waals surface area contributed by atoms with E-state index < -0.39 is 0 Å². The predicted octanol–water partition coefficient (Wildman–Crippen LogP) is 5.18. The monoisotopic (exact) mass is 392 g/mol. The average molecular weight is 392 g/mol. The quantitative estimate of drug-likeness (QED) is 0.519. The van der Waals surface area contributed by atoms with Crippen molar-refractivity contribution in [3.05, 3.63) is 71.6 Å². The molecular weight excluding hydrogens is 364 g/mol. The summed E-state index contributed by atoms with van der Waals surface area (Å²) in [6.45, 7) is 8.27. The van der Waals surface area contributed by atoms with Crippen molar-refractivity contribution in [2.45, 2.75) is 53.1 Å². The highest BCUT2D eigenvalue weighted by atomic mass is 16.5. The van der Waals surface area contributed by atoms with E-state index in [0.717, 1.165) is 11.1 Å². The molecule has 5 heteroatoms. The van der Waals surface area contributed by atoms with Gasteiger partial charge < -0.3 is 9.15 Å². The van der Waals surface area contributed by atoms with E-state index in [2.05, 4.69) is 43.1 Å². The Morgan fingerprint density at radius 2 is 1.72 bits per heavy atom. The average Bonchev–Trinajstić information content (AvgIpc) is 3.16. The number of benzene rings is 2. The SMILES string of the molecule is Cc1ccc(-c2nnc(CCC(=O)O[C@@H](Cc3ccccc3)C(C)(C)C)o2)cc1. The first-order chi connectivity index (χ1) is 13.8. The molecule has 0 aliphatic rings. The van der Waals surface area contributed by atoms with Crippen molar-refractivity contribution in [1.82, 2.24) is 10.2 Å². The van der Waals surface area contributed by atoms with Gasteiger partial charge in [0, 0.05) is 18.4 Å². The van der Waals surface area contributed by atoms with E-state index in [4.69, 9.17) is 9.15 Å².